The van der Waals surface area contributed by atoms with E-state index in [4.69, 9.17) is 0 Å². The van der Waals surface area contributed by atoms with Crippen molar-refractivity contribution < 1.29 is 0 Å². The summed E-state index contributed by atoms with van der Waals surface area (Å²) in [6.45, 7) is 6.04. The summed E-state index contributed by atoms with van der Waals surface area (Å²) in [5, 5.41) is 0. The van der Waals surface area contributed by atoms with E-state index in [1.165, 1.54) is 16.7 Å². The van der Waals surface area contributed by atoms with Crippen LogP contribution in [0.4, 0.5) is 5.69 Å². The van der Waals surface area contributed by atoms with Crippen LogP contribution in [0, 0.1) is 0 Å². The van der Waals surface area contributed by atoms with Gasteiger partial charge in [-0.3, -0.25) is 0 Å². The zero-order valence-electron chi connectivity index (χ0n) is 11.2. The minimum atomic E-state index is -1.71. The molecule has 0 aromatic heterocycles. The molecule has 2 rings (SSSR count). The average molecular weight is 336 g/mol. The van der Waals surface area contributed by atoms with Crippen LogP contribution in [0.15, 0.2) is 36.9 Å². The molecule has 0 radical (unpaired) electrons. The summed E-state index contributed by atoms with van der Waals surface area (Å²) in [4.78, 5) is 10.1. The Bertz CT molecular complexity index is 406. The van der Waals surface area contributed by atoms with Crippen LogP contribution < -0.4 is 4.90 Å². The maximum atomic E-state index is 3.87. The maximum absolute atomic E-state index is 3.87. The third kappa shape index (κ3) is 3.06. The third-order valence-corrected chi connectivity index (χ3v) is 8.27. The molecule has 0 N–H and O–H groups in total. The molecule has 92 valence electrons. The molecule has 0 bridgehead atoms. The molecule has 1 unspecified atom stereocenters. The number of fused-ring (bicyclic) bond motifs is 1. The first-order chi connectivity index (χ1) is 8.01. The predicted molar refractivity (Wildman–Crippen MR) is 79.7 cm³/mol. The van der Waals surface area contributed by atoms with E-state index in [0.29, 0.717) is 0 Å². The second-order valence-electron chi connectivity index (χ2n) is 6.21. The summed E-state index contributed by atoms with van der Waals surface area (Å²) in [5.41, 5.74) is 3.01. The molecule has 1 nitrogen and oxygen atoms in total. The first-order valence-corrected chi connectivity index (χ1v) is 17.0. The molecule has 0 fully saturated rings. The van der Waals surface area contributed by atoms with E-state index in [1.54, 1.807) is 5.56 Å². The molecule has 1 atom stereocenters. The van der Waals surface area contributed by atoms with Gasteiger partial charge in [-0.15, -0.1) is 0 Å². The van der Waals surface area contributed by atoms with Gasteiger partial charge in [0.15, 0.2) is 0 Å². The molecule has 0 spiro atoms. The molecule has 1 aromatic carbocycles. The molecule has 2 heteroatoms. The van der Waals surface area contributed by atoms with Crippen LogP contribution in [0.1, 0.15) is 11.5 Å². The molecular formula is C15H23NSn. The normalized spacial score (nSPS) is 19.2. The molecule has 0 amide bonds. The first-order valence-electron chi connectivity index (χ1n) is 6.46. The Morgan fingerprint density at radius 2 is 2.06 bits per heavy atom. The molecule has 1 aliphatic heterocycles. The summed E-state index contributed by atoms with van der Waals surface area (Å²) in [6.07, 6.45) is 2.01. The van der Waals surface area contributed by atoms with Crippen molar-refractivity contribution in [3.8, 4) is 0 Å². The monoisotopic (exact) mass is 337 g/mol. The number of hydrogen-bond donors (Lipinski definition) is 0. The number of para-hydroxylation sites is 1. The van der Waals surface area contributed by atoms with E-state index in [0.717, 1.165) is 12.5 Å². The third-order valence-electron chi connectivity index (χ3n) is 3.37. The van der Waals surface area contributed by atoms with Gasteiger partial charge in [0, 0.05) is 0 Å². The van der Waals surface area contributed by atoms with Crippen LogP contribution in [0.2, 0.25) is 19.3 Å². The van der Waals surface area contributed by atoms with Gasteiger partial charge in [0.1, 0.15) is 0 Å². The zero-order chi connectivity index (χ0) is 12.5. The van der Waals surface area contributed by atoms with Crippen molar-refractivity contribution in [2.75, 3.05) is 18.0 Å². The standard InChI is InChI=1S/C12H14N.3CH3.Sn/c1-3-8-13-9-10(2)11-6-4-5-7-12(11)13;;;;/h3-7,10H,1-2,8-9H2;3*1H3;. The van der Waals surface area contributed by atoms with Gasteiger partial charge >= 0.3 is 110 Å². The van der Waals surface area contributed by atoms with Crippen molar-refractivity contribution in [1.29, 1.82) is 0 Å². The Balaban J connectivity index is 2.25. The van der Waals surface area contributed by atoms with Crippen LogP contribution in [-0.2, 0) is 0 Å². The van der Waals surface area contributed by atoms with E-state index in [2.05, 4.69) is 50.6 Å². The SMILES string of the molecule is C=CCN1CC([CH2][Sn]([CH3])([CH3])[CH3])c2ccccc21. The molecule has 1 aromatic rings. The van der Waals surface area contributed by atoms with Crippen molar-refractivity contribution >= 4 is 24.1 Å². The molecule has 17 heavy (non-hydrogen) atoms. The Labute approximate surface area is 109 Å². The summed E-state index contributed by atoms with van der Waals surface area (Å²) >= 11 is -1.71. The van der Waals surface area contributed by atoms with E-state index in [-0.39, 0.29) is 0 Å². The van der Waals surface area contributed by atoms with Crippen molar-refractivity contribution in [1.82, 2.24) is 0 Å². The molecule has 0 saturated heterocycles. The summed E-state index contributed by atoms with van der Waals surface area (Å²) in [5.74, 6) is 0.766. The van der Waals surface area contributed by atoms with Crippen molar-refractivity contribution in [3.63, 3.8) is 0 Å². The van der Waals surface area contributed by atoms with Crippen LogP contribution in [-0.4, -0.2) is 31.5 Å². The van der Waals surface area contributed by atoms with Crippen molar-refractivity contribution in [3.05, 3.63) is 42.5 Å². The van der Waals surface area contributed by atoms with Gasteiger partial charge in [-0.25, -0.2) is 0 Å². The first kappa shape index (κ1) is 13.0. The van der Waals surface area contributed by atoms with Gasteiger partial charge in [-0.1, -0.05) is 0 Å². The fourth-order valence-electron chi connectivity index (χ4n) is 2.83. The minimum absolute atomic E-state index is 0.766. The van der Waals surface area contributed by atoms with Crippen molar-refractivity contribution in [2.24, 2.45) is 0 Å². The topological polar surface area (TPSA) is 3.24 Å². The molecule has 0 aliphatic carbocycles. The number of nitrogens with zero attached hydrogens (tertiary/aromatic N) is 1. The summed E-state index contributed by atoms with van der Waals surface area (Å²) in [7, 11) is 0. The van der Waals surface area contributed by atoms with Gasteiger partial charge in [0.2, 0.25) is 0 Å². The zero-order valence-corrected chi connectivity index (χ0v) is 14.1. The number of benzene rings is 1. The van der Waals surface area contributed by atoms with Gasteiger partial charge in [0.05, 0.1) is 0 Å². The summed E-state index contributed by atoms with van der Waals surface area (Å²) < 4.78 is 1.46. The number of hydrogen-bond acceptors (Lipinski definition) is 1. The molecule has 1 aliphatic rings. The quantitative estimate of drug-likeness (QED) is 0.591. The Hall–Kier alpha value is -0.441. The average Bonchev–Trinajstić information content (AvgIpc) is 2.56. The van der Waals surface area contributed by atoms with E-state index in [1.807, 2.05) is 6.08 Å². The fraction of sp³-hybridized carbons (Fsp3) is 0.467. The second kappa shape index (κ2) is 5.05. The molecular weight excluding hydrogens is 313 g/mol. The Morgan fingerprint density at radius 3 is 2.71 bits per heavy atom. The fourth-order valence-corrected chi connectivity index (χ4v) is 8.04. The number of rotatable bonds is 4. The van der Waals surface area contributed by atoms with Crippen molar-refractivity contribution in [2.45, 2.75) is 25.2 Å². The van der Waals surface area contributed by atoms with Crippen LogP contribution in [0.25, 0.3) is 0 Å². The van der Waals surface area contributed by atoms with Gasteiger partial charge in [-0.2, -0.15) is 0 Å². The molecule has 1 heterocycles. The van der Waals surface area contributed by atoms with E-state index in [9.17, 15) is 0 Å². The van der Waals surface area contributed by atoms with Gasteiger partial charge in [0.25, 0.3) is 0 Å². The number of anilines is 1. The Morgan fingerprint density at radius 1 is 1.35 bits per heavy atom. The Kier molecular flexibility index (Phi) is 3.86. The summed E-state index contributed by atoms with van der Waals surface area (Å²) in [6, 6.07) is 8.91. The predicted octanol–water partition coefficient (Wildman–Crippen LogP) is 4.11. The van der Waals surface area contributed by atoms with Crippen LogP contribution in [0.3, 0.4) is 0 Å². The van der Waals surface area contributed by atoms with E-state index >= 15 is 0 Å². The second-order valence-corrected chi connectivity index (χ2v) is 22.0. The van der Waals surface area contributed by atoms with Crippen LogP contribution >= 0.6 is 0 Å². The van der Waals surface area contributed by atoms with Crippen LogP contribution in [0.5, 0.6) is 0 Å². The van der Waals surface area contributed by atoms with E-state index < -0.39 is 18.4 Å². The molecule has 0 saturated carbocycles. The van der Waals surface area contributed by atoms with Gasteiger partial charge < -0.3 is 0 Å². The van der Waals surface area contributed by atoms with Gasteiger partial charge in [-0.05, 0) is 0 Å².